The zero-order valence-corrected chi connectivity index (χ0v) is 18.3. The van der Waals surface area contributed by atoms with Gasteiger partial charge in [0.2, 0.25) is 5.88 Å². The molecule has 0 aliphatic carbocycles. The highest BCUT2D eigenvalue weighted by Crippen LogP contribution is 2.43. The van der Waals surface area contributed by atoms with Crippen LogP contribution in [-0.2, 0) is 0 Å². The Hall–Kier alpha value is -3.89. The van der Waals surface area contributed by atoms with Gasteiger partial charge >= 0.3 is 5.97 Å². The van der Waals surface area contributed by atoms with Crippen LogP contribution in [0.3, 0.4) is 0 Å². The molecule has 1 heterocycles. The van der Waals surface area contributed by atoms with Crippen LogP contribution in [0.15, 0.2) is 83.1 Å². The van der Waals surface area contributed by atoms with Crippen LogP contribution in [0.4, 0.5) is 0 Å². The van der Waals surface area contributed by atoms with E-state index in [1.165, 1.54) is 7.11 Å². The molecule has 32 heavy (non-hydrogen) atoms. The summed E-state index contributed by atoms with van der Waals surface area (Å²) in [5.74, 6) is 0.260. The first-order valence-corrected chi connectivity index (χ1v) is 11.0. The van der Waals surface area contributed by atoms with Gasteiger partial charge in [0.1, 0.15) is 34.5 Å². The van der Waals surface area contributed by atoms with Gasteiger partial charge in [-0.25, -0.2) is 4.79 Å². The van der Waals surface area contributed by atoms with Gasteiger partial charge in [-0.2, -0.15) is 5.26 Å². The highest BCUT2D eigenvalue weighted by atomic mass is 32.2. The average Bonchev–Trinajstić information content (AvgIpc) is 2.83. The Morgan fingerprint density at radius 1 is 1.12 bits per heavy atom. The maximum Gasteiger partial charge on any atom is 0.347 e. The number of esters is 1. The molecule has 7 heteroatoms. The number of nitrogens with two attached hydrogens (primary N) is 1. The Balaban J connectivity index is 1.68. The van der Waals surface area contributed by atoms with Gasteiger partial charge in [0, 0.05) is 16.5 Å². The van der Waals surface area contributed by atoms with Crippen LogP contribution in [0, 0.1) is 11.3 Å². The first-order valence-electron chi connectivity index (χ1n) is 9.76. The number of benzene rings is 3. The highest BCUT2D eigenvalue weighted by Gasteiger charge is 2.31. The minimum absolute atomic E-state index is 0.0344. The molecular formula is C25H20N2O4S. The number of para-hydroxylation sites is 1. The summed E-state index contributed by atoms with van der Waals surface area (Å²) in [6.07, 6.45) is 2.01. The van der Waals surface area contributed by atoms with Gasteiger partial charge in [0.15, 0.2) is 0 Å². The third-order valence-corrected chi connectivity index (χ3v) is 5.92. The number of carbonyl (C=O) groups excluding carboxylic acids is 1. The molecule has 0 radical (unpaired) electrons. The molecule has 2 N–H and O–H groups in total. The van der Waals surface area contributed by atoms with Crippen LogP contribution in [0.5, 0.6) is 17.2 Å². The van der Waals surface area contributed by atoms with Crippen LogP contribution in [0.25, 0.3) is 0 Å². The van der Waals surface area contributed by atoms with Crippen molar-refractivity contribution in [1.82, 2.24) is 0 Å². The molecule has 3 aromatic carbocycles. The van der Waals surface area contributed by atoms with Crippen molar-refractivity contribution < 1.29 is 19.0 Å². The smallest absolute Gasteiger partial charge is 0.347 e. The lowest BCUT2D eigenvalue weighted by molar-refractivity contribution is 0.0731. The van der Waals surface area contributed by atoms with Gasteiger partial charge in [-0.1, -0.05) is 30.3 Å². The van der Waals surface area contributed by atoms with Gasteiger partial charge in [-0.15, -0.1) is 11.8 Å². The molecule has 4 rings (SSSR count). The Kier molecular flexibility index (Phi) is 6.06. The number of nitriles is 1. The summed E-state index contributed by atoms with van der Waals surface area (Å²) in [5, 5.41) is 9.72. The predicted octanol–water partition coefficient (Wildman–Crippen LogP) is 4.85. The first-order chi connectivity index (χ1) is 15.5. The van der Waals surface area contributed by atoms with Crippen molar-refractivity contribution in [2.75, 3.05) is 13.4 Å². The maximum absolute atomic E-state index is 12.6. The topological polar surface area (TPSA) is 94.6 Å². The Morgan fingerprint density at radius 3 is 2.56 bits per heavy atom. The summed E-state index contributed by atoms with van der Waals surface area (Å²) in [4.78, 5) is 13.8. The van der Waals surface area contributed by atoms with Crippen molar-refractivity contribution >= 4 is 17.7 Å². The van der Waals surface area contributed by atoms with E-state index >= 15 is 0 Å². The largest absolute Gasteiger partial charge is 0.496 e. The monoisotopic (exact) mass is 444 g/mol. The highest BCUT2D eigenvalue weighted by molar-refractivity contribution is 7.98. The van der Waals surface area contributed by atoms with Crippen molar-refractivity contribution in [2.45, 2.75) is 10.8 Å². The van der Waals surface area contributed by atoms with E-state index in [1.807, 2.05) is 30.5 Å². The second-order valence-electron chi connectivity index (χ2n) is 6.99. The van der Waals surface area contributed by atoms with Crippen LogP contribution in [0.1, 0.15) is 27.4 Å². The van der Waals surface area contributed by atoms with Gasteiger partial charge in [0.05, 0.1) is 13.0 Å². The van der Waals surface area contributed by atoms with E-state index in [1.54, 1.807) is 54.2 Å². The van der Waals surface area contributed by atoms with Gasteiger partial charge in [-0.05, 0) is 42.2 Å². The molecule has 0 spiro atoms. The number of nitrogens with zero attached hydrogens (tertiary/aromatic N) is 1. The molecule has 0 saturated heterocycles. The van der Waals surface area contributed by atoms with Crippen LogP contribution in [-0.4, -0.2) is 19.3 Å². The minimum Gasteiger partial charge on any atom is -0.496 e. The molecule has 0 aromatic heterocycles. The van der Waals surface area contributed by atoms with Gasteiger partial charge in [0.25, 0.3) is 0 Å². The number of carbonyl (C=O) groups is 1. The molecule has 0 unspecified atom stereocenters. The van der Waals surface area contributed by atoms with Crippen molar-refractivity contribution in [3.05, 3.63) is 94.9 Å². The van der Waals surface area contributed by atoms with E-state index in [4.69, 9.17) is 19.9 Å². The molecule has 1 atom stereocenters. The standard InChI is InChI=1S/C25H20N2O4S/c1-29-21-6-4-3-5-19(21)25(28)30-16-9-12-18-22(13-16)31-24(27)20(14-26)23(18)15-7-10-17(32-2)11-8-15/h3-13,23H,27H2,1-2H3/t23-/m0/s1. The zero-order valence-electron chi connectivity index (χ0n) is 17.5. The van der Waals surface area contributed by atoms with Gasteiger partial charge in [-0.3, -0.25) is 0 Å². The van der Waals surface area contributed by atoms with Crippen molar-refractivity contribution in [3.8, 4) is 23.3 Å². The second-order valence-corrected chi connectivity index (χ2v) is 7.87. The number of thioether (sulfide) groups is 1. The van der Waals surface area contributed by atoms with Crippen molar-refractivity contribution in [2.24, 2.45) is 5.73 Å². The van der Waals surface area contributed by atoms with E-state index < -0.39 is 5.97 Å². The van der Waals surface area contributed by atoms with Crippen molar-refractivity contribution in [1.29, 1.82) is 5.26 Å². The summed E-state index contributed by atoms with van der Waals surface area (Å²) in [5.41, 5.74) is 8.42. The fourth-order valence-corrected chi connectivity index (χ4v) is 4.02. The third-order valence-electron chi connectivity index (χ3n) is 5.18. The average molecular weight is 445 g/mol. The number of allylic oxidation sites excluding steroid dienone is 1. The predicted molar refractivity (Wildman–Crippen MR) is 122 cm³/mol. The quantitative estimate of drug-likeness (QED) is 0.341. The van der Waals surface area contributed by atoms with Crippen LogP contribution >= 0.6 is 11.8 Å². The Bertz CT molecular complexity index is 1250. The van der Waals surface area contributed by atoms with E-state index in [-0.39, 0.29) is 11.8 Å². The summed E-state index contributed by atoms with van der Waals surface area (Å²) in [6, 6.07) is 22.0. The number of methoxy groups -OCH3 is 1. The Labute approximate surface area is 190 Å². The zero-order chi connectivity index (χ0) is 22.7. The molecule has 0 bridgehead atoms. The summed E-state index contributed by atoms with van der Waals surface area (Å²) in [7, 11) is 1.49. The fourth-order valence-electron chi connectivity index (χ4n) is 3.61. The van der Waals surface area contributed by atoms with Crippen LogP contribution < -0.4 is 19.9 Å². The fraction of sp³-hybridized carbons (Fsp3) is 0.120. The number of ether oxygens (including phenoxy) is 3. The molecule has 0 fully saturated rings. The van der Waals surface area contributed by atoms with Crippen LogP contribution in [0.2, 0.25) is 0 Å². The molecule has 0 amide bonds. The molecule has 3 aromatic rings. The van der Waals surface area contributed by atoms with E-state index in [0.29, 0.717) is 28.4 Å². The molecule has 160 valence electrons. The molecule has 1 aliphatic heterocycles. The summed E-state index contributed by atoms with van der Waals surface area (Å²) in [6.45, 7) is 0. The first kappa shape index (κ1) is 21.3. The lowest BCUT2D eigenvalue weighted by Gasteiger charge is -2.26. The SMILES string of the molecule is COc1ccccc1C(=O)Oc1ccc2c(c1)OC(N)=C(C#N)[C@H]2c1ccc(SC)cc1. The maximum atomic E-state index is 12.6. The van der Waals surface area contributed by atoms with Gasteiger partial charge < -0.3 is 19.9 Å². The number of hydrogen-bond acceptors (Lipinski definition) is 7. The number of fused-ring (bicyclic) bond motifs is 1. The molecule has 6 nitrogen and oxygen atoms in total. The van der Waals surface area contributed by atoms with Crippen molar-refractivity contribution in [3.63, 3.8) is 0 Å². The van der Waals surface area contributed by atoms with E-state index in [9.17, 15) is 10.1 Å². The Morgan fingerprint density at radius 2 is 1.88 bits per heavy atom. The molecule has 0 saturated carbocycles. The van der Waals surface area contributed by atoms with E-state index in [2.05, 4.69) is 6.07 Å². The normalized spacial score (nSPS) is 14.7. The number of rotatable bonds is 5. The molecule has 1 aliphatic rings. The lowest BCUT2D eigenvalue weighted by Crippen LogP contribution is -2.21. The third kappa shape index (κ3) is 4.01. The lowest BCUT2D eigenvalue weighted by atomic mass is 9.83. The summed E-state index contributed by atoms with van der Waals surface area (Å²) >= 11 is 1.64. The van der Waals surface area contributed by atoms with E-state index in [0.717, 1.165) is 16.0 Å². The second kappa shape index (κ2) is 9.08. The summed E-state index contributed by atoms with van der Waals surface area (Å²) < 4.78 is 16.5. The minimum atomic E-state index is -0.552. The number of hydrogen-bond donors (Lipinski definition) is 1. The molecular weight excluding hydrogens is 424 g/mol.